The molecule has 160 valence electrons. The number of hydrogen-bond donors (Lipinski definition) is 3. The number of carbonyl (C=O) groups is 1. The SMILES string of the molecule is CCCCN(CCCC)c1cc(C(=O)O)cc(S(N)(=O)=O)c1OCc1cc[nH]c1. The van der Waals surface area contributed by atoms with E-state index >= 15 is 0 Å². The normalized spacial score (nSPS) is 11.4. The van der Waals surface area contributed by atoms with E-state index < -0.39 is 16.0 Å². The first-order valence-electron chi connectivity index (χ1n) is 9.71. The largest absolute Gasteiger partial charge is 0.485 e. The standard InChI is InChI=1S/C20H29N3O5S/c1-3-5-9-23(10-6-4-2)17-11-16(20(24)25)12-18(29(21,26)27)19(17)28-14-15-7-8-22-13-15/h7-8,11-13,22H,3-6,9-10,14H2,1-2H3,(H,24,25)(H2,21,26,27). The molecule has 1 aromatic carbocycles. The van der Waals surface area contributed by atoms with Gasteiger partial charge in [0.25, 0.3) is 0 Å². The van der Waals surface area contributed by atoms with Crippen molar-refractivity contribution in [3.05, 3.63) is 41.7 Å². The van der Waals surface area contributed by atoms with E-state index in [1.165, 1.54) is 6.07 Å². The number of rotatable bonds is 12. The molecule has 0 aliphatic rings. The van der Waals surface area contributed by atoms with E-state index in [4.69, 9.17) is 9.88 Å². The Labute approximate surface area is 171 Å². The summed E-state index contributed by atoms with van der Waals surface area (Å²) >= 11 is 0. The Balaban J connectivity index is 2.60. The summed E-state index contributed by atoms with van der Waals surface area (Å²) in [5.74, 6) is -1.13. The highest BCUT2D eigenvalue weighted by molar-refractivity contribution is 7.89. The molecule has 2 rings (SSSR count). The van der Waals surface area contributed by atoms with E-state index in [1.54, 1.807) is 12.4 Å². The van der Waals surface area contributed by atoms with E-state index in [9.17, 15) is 18.3 Å². The van der Waals surface area contributed by atoms with Gasteiger partial charge in [0.05, 0.1) is 11.3 Å². The number of nitrogens with zero attached hydrogens (tertiary/aromatic N) is 1. The van der Waals surface area contributed by atoms with Crippen molar-refractivity contribution in [2.75, 3.05) is 18.0 Å². The number of anilines is 1. The molecule has 0 atom stereocenters. The summed E-state index contributed by atoms with van der Waals surface area (Å²) in [4.78, 5) is 16.2. The number of nitrogens with one attached hydrogen (secondary N) is 1. The quantitative estimate of drug-likeness (QED) is 0.481. The van der Waals surface area contributed by atoms with E-state index in [0.717, 1.165) is 37.3 Å². The summed E-state index contributed by atoms with van der Waals surface area (Å²) in [7, 11) is -4.20. The Morgan fingerprint density at radius 1 is 1.21 bits per heavy atom. The lowest BCUT2D eigenvalue weighted by atomic mass is 10.1. The van der Waals surface area contributed by atoms with Crippen LogP contribution in [0.15, 0.2) is 35.5 Å². The van der Waals surface area contributed by atoms with Gasteiger partial charge in [-0.1, -0.05) is 26.7 Å². The van der Waals surface area contributed by atoms with E-state index in [2.05, 4.69) is 18.8 Å². The van der Waals surface area contributed by atoms with Crippen LogP contribution in [0.3, 0.4) is 0 Å². The van der Waals surface area contributed by atoms with Gasteiger partial charge < -0.3 is 19.7 Å². The fourth-order valence-electron chi connectivity index (χ4n) is 2.96. The first kappa shape index (κ1) is 22.8. The van der Waals surface area contributed by atoms with Crippen molar-refractivity contribution in [2.45, 2.75) is 51.0 Å². The number of carboxylic acid groups (broad SMARTS) is 1. The lowest BCUT2D eigenvalue weighted by Crippen LogP contribution is -2.27. The van der Waals surface area contributed by atoms with Crippen molar-refractivity contribution in [3.8, 4) is 5.75 Å². The van der Waals surface area contributed by atoms with Crippen molar-refractivity contribution in [2.24, 2.45) is 5.14 Å². The molecule has 0 spiro atoms. The highest BCUT2D eigenvalue weighted by atomic mass is 32.2. The third-order valence-electron chi connectivity index (χ3n) is 4.54. The van der Waals surface area contributed by atoms with Gasteiger partial charge in [-0.2, -0.15) is 0 Å². The fourth-order valence-corrected chi connectivity index (χ4v) is 3.67. The summed E-state index contributed by atoms with van der Waals surface area (Å²) in [6.07, 6.45) is 7.13. The zero-order valence-electron chi connectivity index (χ0n) is 16.8. The van der Waals surface area contributed by atoms with Gasteiger partial charge in [-0.25, -0.2) is 18.4 Å². The summed E-state index contributed by atoms with van der Waals surface area (Å²) in [6.45, 7) is 5.56. The molecule has 0 aliphatic heterocycles. The van der Waals surface area contributed by atoms with Crippen LogP contribution in [0.4, 0.5) is 5.69 Å². The Bertz CT molecular complexity index is 902. The van der Waals surface area contributed by atoms with Gasteiger partial charge in [-0.15, -0.1) is 0 Å². The average Bonchev–Trinajstić information content (AvgIpc) is 3.18. The van der Waals surface area contributed by atoms with Gasteiger partial charge in [0.2, 0.25) is 10.0 Å². The molecule has 0 radical (unpaired) electrons. The number of nitrogens with two attached hydrogens (primary N) is 1. The van der Waals surface area contributed by atoms with Gasteiger partial charge in [-0.3, -0.25) is 0 Å². The molecule has 0 saturated heterocycles. The number of aromatic carboxylic acids is 1. The maximum Gasteiger partial charge on any atom is 0.335 e. The fraction of sp³-hybridized carbons (Fsp3) is 0.450. The van der Waals surface area contributed by atoms with Crippen LogP contribution in [0.25, 0.3) is 0 Å². The number of aromatic amines is 1. The van der Waals surface area contributed by atoms with Gasteiger partial charge in [0, 0.05) is 31.0 Å². The lowest BCUT2D eigenvalue weighted by Gasteiger charge is -2.28. The Morgan fingerprint density at radius 3 is 2.34 bits per heavy atom. The van der Waals surface area contributed by atoms with Gasteiger partial charge in [-0.05, 0) is 31.0 Å². The molecule has 0 saturated carbocycles. The minimum Gasteiger partial charge on any atom is -0.485 e. The van der Waals surface area contributed by atoms with Crippen LogP contribution < -0.4 is 14.8 Å². The van der Waals surface area contributed by atoms with E-state index in [1.807, 2.05) is 11.0 Å². The summed E-state index contributed by atoms with van der Waals surface area (Å²) < 4.78 is 30.4. The van der Waals surface area contributed by atoms with Gasteiger partial charge >= 0.3 is 5.97 Å². The molecular formula is C20H29N3O5S. The monoisotopic (exact) mass is 423 g/mol. The zero-order chi connectivity index (χ0) is 21.4. The van der Waals surface area contributed by atoms with Crippen LogP contribution in [-0.2, 0) is 16.6 Å². The molecule has 0 unspecified atom stereocenters. The second-order valence-corrected chi connectivity index (χ2v) is 8.40. The Kier molecular flexibility index (Phi) is 8.10. The molecule has 0 fully saturated rings. The molecule has 1 aromatic heterocycles. The average molecular weight is 424 g/mol. The molecule has 0 aliphatic carbocycles. The summed E-state index contributed by atoms with van der Waals surface area (Å²) in [5.41, 5.74) is 1.12. The zero-order valence-corrected chi connectivity index (χ0v) is 17.7. The van der Waals surface area contributed by atoms with Crippen LogP contribution >= 0.6 is 0 Å². The van der Waals surface area contributed by atoms with Crippen LogP contribution in [-0.4, -0.2) is 37.6 Å². The molecule has 4 N–H and O–H groups in total. The van der Waals surface area contributed by atoms with Gasteiger partial charge in [0.1, 0.15) is 11.5 Å². The predicted molar refractivity (Wildman–Crippen MR) is 112 cm³/mol. The third kappa shape index (κ3) is 6.23. The third-order valence-corrected chi connectivity index (χ3v) is 5.45. The summed E-state index contributed by atoms with van der Waals surface area (Å²) in [5, 5.41) is 14.9. The molecule has 2 aromatic rings. The lowest BCUT2D eigenvalue weighted by molar-refractivity contribution is 0.0696. The van der Waals surface area contributed by atoms with E-state index in [-0.39, 0.29) is 22.8 Å². The first-order valence-corrected chi connectivity index (χ1v) is 11.3. The maximum absolute atomic E-state index is 12.3. The van der Waals surface area contributed by atoms with Crippen LogP contribution in [0.1, 0.15) is 55.5 Å². The second kappa shape index (κ2) is 10.3. The van der Waals surface area contributed by atoms with Gasteiger partial charge in [0.15, 0.2) is 5.75 Å². The number of primary sulfonamides is 1. The predicted octanol–water partition coefficient (Wildman–Crippen LogP) is 3.35. The highest BCUT2D eigenvalue weighted by Gasteiger charge is 2.25. The minimum absolute atomic E-state index is 0.0888. The van der Waals surface area contributed by atoms with Crippen molar-refractivity contribution in [1.82, 2.24) is 4.98 Å². The Morgan fingerprint density at radius 2 is 1.86 bits per heavy atom. The number of ether oxygens (including phenoxy) is 1. The first-order chi connectivity index (χ1) is 13.8. The molecular weight excluding hydrogens is 394 g/mol. The number of unbranched alkanes of at least 4 members (excludes halogenated alkanes) is 2. The minimum atomic E-state index is -4.20. The number of hydrogen-bond acceptors (Lipinski definition) is 5. The molecule has 9 heteroatoms. The van der Waals surface area contributed by atoms with E-state index in [0.29, 0.717) is 18.8 Å². The van der Waals surface area contributed by atoms with Crippen LogP contribution in [0.5, 0.6) is 5.75 Å². The number of carboxylic acids is 1. The van der Waals surface area contributed by atoms with Crippen molar-refractivity contribution >= 4 is 21.7 Å². The number of sulfonamides is 1. The highest BCUT2D eigenvalue weighted by Crippen LogP contribution is 2.37. The van der Waals surface area contributed by atoms with Crippen molar-refractivity contribution in [3.63, 3.8) is 0 Å². The molecule has 8 nitrogen and oxygen atoms in total. The molecule has 1 heterocycles. The number of benzene rings is 1. The van der Waals surface area contributed by atoms with Crippen molar-refractivity contribution < 1.29 is 23.1 Å². The topological polar surface area (TPSA) is 126 Å². The Hall–Kier alpha value is -2.52. The molecule has 0 amide bonds. The number of aromatic nitrogens is 1. The smallest absolute Gasteiger partial charge is 0.335 e. The summed E-state index contributed by atoms with van der Waals surface area (Å²) in [6, 6.07) is 4.34. The molecule has 0 bridgehead atoms. The number of H-pyrrole nitrogens is 1. The molecule has 29 heavy (non-hydrogen) atoms. The van der Waals surface area contributed by atoms with Crippen molar-refractivity contribution in [1.29, 1.82) is 0 Å². The maximum atomic E-state index is 12.3. The van der Waals surface area contributed by atoms with Crippen LogP contribution in [0, 0.1) is 0 Å². The van der Waals surface area contributed by atoms with Crippen LogP contribution in [0.2, 0.25) is 0 Å². The second-order valence-electron chi connectivity index (χ2n) is 6.87.